The Morgan fingerprint density at radius 3 is 2.79 bits per heavy atom. The molecule has 1 aliphatic rings. The lowest BCUT2D eigenvalue weighted by Crippen LogP contribution is -2.25. The number of hydrogen-bond acceptors (Lipinski definition) is 3. The van der Waals surface area contributed by atoms with Gasteiger partial charge in [0, 0.05) is 6.04 Å². The Morgan fingerprint density at radius 1 is 1.32 bits per heavy atom. The van der Waals surface area contributed by atoms with Gasteiger partial charge < -0.3 is 10.5 Å². The summed E-state index contributed by atoms with van der Waals surface area (Å²) in [6, 6.07) is 9.11. The van der Waals surface area contributed by atoms with E-state index in [2.05, 4.69) is 30.0 Å². The van der Waals surface area contributed by atoms with E-state index >= 15 is 0 Å². The van der Waals surface area contributed by atoms with Crippen molar-refractivity contribution in [2.24, 2.45) is 5.73 Å². The quantitative estimate of drug-likeness (QED) is 0.768. The highest BCUT2D eigenvalue weighted by Crippen LogP contribution is 2.29. The van der Waals surface area contributed by atoms with E-state index < -0.39 is 0 Å². The topological polar surface area (TPSA) is 38.5 Å². The molecule has 3 nitrogen and oxygen atoms in total. The maximum Gasteiger partial charge on any atom is 0.119 e. The molecule has 2 N–H and O–H groups in total. The molecule has 1 atom stereocenters. The van der Waals surface area contributed by atoms with Gasteiger partial charge in [0.1, 0.15) is 5.75 Å². The molecule has 1 aromatic carbocycles. The lowest BCUT2D eigenvalue weighted by atomic mass is 10.0. The summed E-state index contributed by atoms with van der Waals surface area (Å²) in [5.74, 6) is 0.976. The first kappa shape index (κ1) is 14.4. The second-order valence-corrected chi connectivity index (χ2v) is 5.23. The zero-order valence-electron chi connectivity index (χ0n) is 12.0. The fourth-order valence-corrected chi connectivity index (χ4v) is 2.84. The first-order chi connectivity index (χ1) is 9.35. The van der Waals surface area contributed by atoms with E-state index in [0.717, 1.165) is 18.6 Å². The molecule has 1 aromatic rings. The highest BCUT2D eigenvalue weighted by molar-refractivity contribution is 5.30. The van der Waals surface area contributed by atoms with Crippen LogP contribution in [0.1, 0.15) is 44.2 Å². The summed E-state index contributed by atoms with van der Waals surface area (Å²) in [7, 11) is 0. The predicted octanol–water partition coefficient (Wildman–Crippen LogP) is 2.96. The van der Waals surface area contributed by atoms with Crippen LogP contribution >= 0.6 is 0 Å². The van der Waals surface area contributed by atoms with Crippen molar-refractivity contribution in [2.45, 2.75) is 38.6 Å². The molecule has 0 saturated carbocycles. The van der Waals surface area contributed by atoms with Crippen LogP contribution in [0.15, 0.2) is 24.3 Å². The van der Waals surface area contributed by atoms with E-state index in [9.17, 15) is 0 Å². The molecular weight excluding hydrogens is 236 g/mol. The lowest BCUT2D eigenvalue weighted by molar-refractivity contribution is 0.238. The van der Waals surface area contributed by atoms with Gasteiger partial charge in [-0.3, -0.25) is 4.90 Å². The second kappa shape index (κ2) is 7.51. The van der Waals surface area contributed by atoms with E-state index in [4.69, 9.17) is 10.5 Å². The van der Waals surface area contributed by atoms with Gasteiger partial charge in [0.25, 0.3) is 0 Å². The van der Waals surface area contributed by atoms with Gasteiger partial charge in [0.15, 0.2) is 0 Å². The third-order valence-corrected chi connectivity index (χ3v) is 3.83. The van der Waals surface area contributed by atoms with Crippen LogP contribution in [0.4, 0.5) is 0 Å². The second-order valence-electron chi connectivity index (χ2n) is 5.23. The molecule has 0 aliphatic carbocycles. The monoisotopic (exact) mass is 262 g/mol. The summed E-state index contributed by atoms with van der Waals surface area (Å²) in [6.07, 6.45) is 4.74. The minimum Gasteiger partial charge on any atom is -0.494 e. The number of nitrogens with zero attached hydrogens (tertiary/aromatic N) is 1. The van der Waals surface area contributed by atoms with E-state index in [1.54, 1.807) is 0 Å². The van der Waals surface area contributed by atoms with E-state index in [1.165, 1.54) is 31.5 Å². The van der Waals surface area contributed by atoms with Crippen LogP contribution in [-0.2, 0) is 0 Å². The van der Waals surface area contributed by atoms with Crippen molar-refractivity contribution in [1.29, 1.82) is 0 Å². The van der Waals surface area contributed by atoms with Crippen LogP contribution in [0.2, 0.25) is 0 Å². The number of hydrogen-bond donors (Lipinski definition) is 1. The van der Waals surface area contributed by atoms with Crippen LogP contribution in [0, 0.1) is 0 Å². The lowest BCUT2D eigenvalue weighted by Gasteiger charge is -2.27. The predicted molar refractivity (Wildman–Crippen MR) is 79.4 cm³/mol. The molecule has 0 amide bonds. The molecule has 1 heterocycles. The van der Waals surface area contributed by atoms with Crippen molar-refractivity contribution in [2.75, 3.05) is 26.2 Å². The number of rotatable bonds is 7. The highest BCUT2D eigenvalue weighted by atomic mass is 16.5. The summed E-state index contributed by atoms with van der Waals surface area (Å²) in [5.41, 5.74) is 6.87. The molecular formula is C16H26N2O. The van der Waals surface area contributed by atoms with Crippen molar-refractivity contribution >= 4 is 0 Å². The molecule has 1 unspecified atom stereocenters. The van der Waals surface area contributed by atoms with Crippen LogP contribution in [-0.4, -0.2) is 31.1 Å². The van der Waals surface area contributed by atoms with Crippen LogP contribution in [0.25, 0.3) is 0 Å². The Labute approximate surface area is 116 Å². The largest absolute Gasteiger partial charge is 0.494 e. The van der Waals surface area contributed by atoms with Gasteiger partial charge in [0.2, 0.25) is 0 Å². The maximum atomic E-state index is 5.75. The summed E-state index contributed by atoms with van der Waals surface area (Å²) in [6.45, 7) is 6.13. The van der Waals surface area contributed by atoms with E-state index in [-0.39, 0.29) is 0 Å². The SMILES string of the molecule is CCC(c1cccc(OCCCN)c1)N1CCCC1. The maximum absolute atomic E-state index is 5.75. The van der Waals surface area contributed by atoms with Gasteiger partial charge in [-0.25, -0.2) is 0 Å². The standard InChI is InChI=1S/C16H26N2O/c1-2-16(18-10-3-4-11-18)14-7-5-8-15(13-14)19-12-6-9-17/h5,7-8,13,16H,2-4,6,9-12,17H2,1H3. The number of benzene rings is 1. The third kappa shape index (κ3) is 3.95. The minimum absolute atomic E-state index is 0.542. The molecule has 0 bridgehead atoms. The number of nitrogens with two attached hydrogens (primary N) is 1. The van der Waals surface area contributed by atoms with Gasteiger partial charge in [-0.1, -0.05) is 19.1 Å². The molecule has 106 valence electrons. The Morgan fingerprint density at radius 2 is 2.11 bits per heavy atom. The molecule has 1 fully saturated rings. The number of ether oxygens (including phenoxy) is 1. The van der Waals surface area contributed by atoms with Crippen LogP contribution in [0.3, 0.4) is 0 Å². The average molecular weight is 262 g/mol. The van der Waals surface area contributed by atoms with Crippen molar-refractivity contribution < 1.29 is 4.74 Å². The molecule has 19 heavy (non-hydrogen) atoms. The van der Waals surface area contributed by atoms with Crippen molar-refractivity contribution in [1.82, 2.24) is 4.90 Å². The van der Waals surface area contributed by atoms with Gasteiger partial charge in [0.05, 0.1) is 6.61 Å². The van der Waals surface area contributed by atoms with E-state index in [1.807, 2.05) is 6.07 Å². The van der Waals surface area contributed by atoms with Gasteiger partial charge in [-0.15, -0.1) is 0 Å². The van der Waals surface area contributed by atoms with Gasteiger partial charge >= 0.3 is 0 Å². The first-order valence-corrected chi connectivity index (χ1v) is 7.52. The van der Waals surface area contributed by atoms with Crippen molar-refractivity contribution in [3.63, 3.8) is 0 Å². The minimum atomic E-state index is 0.542. The van der Waals surface area contributed by atoms with Crippen LogP contribution < -0.4 is 10.5 Å². The summed E-state index contributed by atoms with van der Waals surface area (Å²) in [5, 5.41) is 0. The molecule has 3 heteroatoms. The zero-order valence-corrected chi connectivity index (χ0v) is 12.0. The molecule has 1 aliphatic heterocycles. The van der Waals surface area contributed by atoms with Crippen molar-refractivity contribution in [3.05, 3.63) is 29.8 Å². The summed E-state index contributed by atoms with van der Waals surface area (Å²) >= 11 is 0. The Bertz CT molecular complexity index is 375. The molecule has 0 spiro atoms. The number of likely N-dealkylation sites (tertiary alicyclic amines) is 1. The molecule has 0 aromatic heterocycles. The van der Waals surface area contributed by atoms with Gasteiger partial charge in [-0.2, -0.15) is 0 Å². The normalized spacial score (nSPS) is 17.6. The van der Waals surface area contributed by atoms with Crippen molar-refractivity contribution in [3.8, 4) is 5.75 Å². The third-order valence-electron chi connectivity index (χ3n) is 3.83. The Kier molecular flexibility index (Phi) is 5.67. The van der Waals surface area contributed by atoms with Crippen LogP contribution in [0.5, 0.6) is 5.75 Å². The van der Waals surface area contributed by atoms with Gasteiger partial charge in [-0.05, 0) is 63.0 Å². The summed E-state index contributed by atoms with van der Waals surface area (Å²) < 4.78 is 5.75. The molecule has 2 rings (SSSR count). The van der Waals surface area contributed by atoms with E-state index in [0.29, 0.717) is 19.2 Å². The fraction of sp³-hybridized carbons (Fsp3) is 0.625. The highest BCUT2D eigenvalue weighted by Gasteiger charge is 2.21. The Balaban J connectivity index is 2.03. The molecule has 0 radical (unpaired) electrons. The first-order valence-electron chi connectivity index (χ1n) is 7.52. The smallest absolute Gasteiger partial charge is 0.119 e. The fourth-order valence-electron chi connectivity index (χ4n) is 2.84. The average Bonchev–Trinajstić information content (AvgIpc) is 2.94. The zero-order chi connectivity index (χ0) is 13.5. The Hall–Kier alpha value is -1.06. The molecule has 1 saturated heterocycles. The summed E-state index contributed by atoms with van der Waals surface area (Å²) in [4.78, 5) is 2.60.